The van der Waals surface area contributed by atoms with Crippen molar-refractivity contribution in [1.82, 2.24) is 4.90 Å². The summed E-state index contributed by atoms with van der Waals surface area (Å²) in [5.74, 6) is 0. The molecule has 0 aromatic rings. The minimum Gasteiger partial charge on any atom is -0.377 e. The number of rotatable bonds is 3. The third-order valence-electron chi connectivity index (χ3n) is 3.61. The highest BCUT2D eigenvalue weighted by Gasteiger charge is 2.27. The molecule has 0 bridgehead atoms. The van der Waals surface area contributed by atoms with Gasteiger partial charge < -0.3 is 15.2 Å². The van der Waals surface area contributed by atoms with Gasteiger partial charge in [-0.1, -0.05) is 0 Å². The van der Waals surface area contributed by atoms with E-state index in [4.69, 9.17) is 15.2 Å². The Balaban J connectivity index is 1.81. The topological polar surface area (TPSA) is 47.7 Å². The SMILES string of the molecule is CC1COC(CN)CN1CC1CCCCO1. The van der Waals surface area contributed by atoms with Gasteiger partial charge in [-0.25, -0.2) is 0 Å². The van der Waals surface area contributed by atoms with Crippen molar-refractivity contribution in [2.45, 2.75) is 44.4 Å². The van der Waals surface area contributed by atoms with Gasteiger partial charge in [0.05, 0.1) is 18.8 Å². The van der Waals surface area contributed by atoms with Crippen LogP contribution in [0, 0.1) is 0 Å². The smallest absolute Gasteiger partial charge is 0.0824 e. The lowest BCUT2D eigenvalue weighted by atomic mass is 10.1. The fourth-order valence-corrected chi connectivity index (χ4v) is 2.48. The maximum atomic E-state index is 5.78. The van der Waals surface area contributed by atoms with Gasteiger partial charge in [-0.3, -0.25) is 4.90 Å². The highest BCUT2D eigenvalue weighted by atomic mass is 16.5. The van der Waals surface area contributed by atoms with E-state index in [1.54, 1.807) is 0 Å². The molecule has 0 amide bonds. The van der Waals surface area contributed by atoms with Crippen LogP contribution in [0.2, 0.25) is 0 Å². The molecule has 3 unspecified atom stereocenters. The van der Waals surface area contributed by atoms with Crippen molar-refractivity contribution >= 4 is 0 Å². The van der Waals surface area contributed by atoms with Crippen LogP contribution in [0.25, 0.3) is 0 Å². The molecule has 2 aliphatic heterocycles. The molecule has 0 radical (unpaired) electrons. The lowest BCUT2D eigenvalue weighted by Crippen LogP contribution is -2.53. The zero-order chi connectivity index (χ0) is 11.4. The second-order valence-corrected chi connectivity index (χ2v) is 4.98. The molecule has 2 N–H and O–H groups in total. The molecule has 0 spiro atoms. The van der Waals surface area contributed by atoms with Gasteiger partial charge in [-0.15, -0.1) is 0 Å². The zero-order valence-corrected chi connectivity index (χ0v) is 10.2. The lowest BCUT2D eigenvalue weighted by molar-refractivity contribution is -0.0804. The van der Waals surface area contributed by atoms with Gasteiger partial charge in [-0.05, 0) is 26.2 Å². The molecule has 4 nitrogen and oxygen atoms in total. The van der Waals surface area contributed by atoms with Gasteiger partial charge in [0.25, 0.3) is 0 Å². The number of ether oxygens (including phenoxy) is 2. The van der Waals surface area contributed by atoms with E-state index >= 15 is 0 Å². The van der Waals surface area contributed by atoms with Crippen LogP contribution >= 0.6 is 0 Å². The fourth-order valence-electron chi connectivity index (χ4n) is 2.48. The summed E-state index contributed by atoms with van der Waals surface area (Å²) in [7, 11) is 0. The molecule has 2 aliphatic rings. The summed E-state index contributed by atoms with van der Waals surface area (Å²) in [5, 5.41) is 0. The van der Waals surface area contributed by atoms with Crippen molar-refractivity contribution in [3.8, 4) is 0 Å². The quantitative estimate of drug-likeness (QED) is 0.768. The summed E-state index contributed by atoms with van der Waals surface area (Å²) < 4.78 is 11.4. The summed E-state index contributed by atoms with van der Waals surface area (Å²) in [6, 6.07) is 0.494. The van der Waals surface area contributed by atoms with Gasteiger partial charge >= 0.3 is 0 Å². The van der Waals surface area contributed by atoms with E-state index in [0.29, 0.717) is 18.7 Å². The highest BCUT2D eigenvalue weighted by molar-refractivity contribution is 4.80. The molecule has 2 heterocycles. The number of nitrogens with two attached hydrogens (primary N) is 1. The van der Waals surface area contributed by atoms with Crippen molar-refractivity contribution in [3.63, 3.8) is 0 Å². The zero-order valence-electron chi connectivity index (χ0n) is 10.2. The molecule has 0 aromatic heterocycles. The van der Waals surface area contributed by atoms with Crippen molar-refractivity contribution in [1.29, 1.82) is 0 Å². The first-order valence-electron chi connectivity index (χ1n) is 6.47. The molecule has 0 aromatic carbocycles. The van der Waals surface area contributed by atoms with Gasteiger partial charge in [0.2, 0.25) is 0 Å². The number of hydrogen-bond acceptors (Lipinski definition) is 4. The summed E-state index contributed by atoms with van der Waals surface area (Å²) in [6.07, 6.45) is 4.37. The first-order valence-corrected chi connectivity index (χ1v) is 6.47. The molecular weight excluding hydrogens is 204 g/mol. The van der Waals surface area contributed by atoms with Gasteiger partial charge in [0.15, 0.2) is 0 Å². The average Bonchev–Trinajstić information content (AvgIpc) is 2.33. The van der Waals surface area contributed by atoms with Crippen LogP contribution < -0.4 is 5.73 Å². The largest absolute Gasteiger partial charge is 0.377 e. The normalized spacial score (nSPS) is 37.5. The molecule has 94 valence electrons. The van der Waals surface area contributed by atoms with E-state index in [0.717, 1.165) is 26.3 Å². The molecule has 3 atom stereocenters. The molecule has 2 rings (SSSR count). The van der Waals surface area contributed by atoms with Crippen LogP contribution in [-0.2, 0) is 9.47 Å². The predicted molar refractivity (Wildman–Crippen MR) is 63.4 cm³/mol. The summed E-state index contributed by atoms with van der Waals surface area (Å²) >= 11 is 0. The standard InChI is InChI=1S/C12H24N2O2/c1-10-9-16-12(6-13)8-14(10)7-11-4-2-3-5-15-11/h10-12H,2-9,13H2,1H3. The van der Waals surface area contributed by atoms with Crippen molar-refractivity contribution in [3.05, 3.63) is 0 Å². The van der Waals surface area contributed by atoms with Crippen LogP contribution in [0.5, 0.6) is 0 Å². The monoisotopic (exact) mass is 228 g/mol. The van der Waals surface area contributed by atoms with E-state index in [1.807, 2.05) is 0 Å². The predicted octanol–water partition coefficient (Wildman–Crippen LogP) is 0.603. The molecule has 0 aliphatic carbocycles. The highest BCUT2D eigenvalue weighted by Crippen LogP contribution is 2.17. The van der Waals surface area contributed by atoms with E-state index in [2.05, 4.69) is 11.8 Å². The van der Waals surface area contributed by atoms with Crippen LogP contribution in [0.3, 0.4) is 0 Å². The third kappa shape index (κ3) is 3.17. The Bertz CT molecular complexity index is 207. The second kappa shape index (κ2) is 5.96. The van der Waals surface area contributed by atoms with Gasteiger partial charge in [-0.2, -0.15) is 0 Å². The Hall–Kier alpha value is -0.160. The second-order valence-electron chi connectivity index (χ2n) is 4.98. The minimum absolute atomic E-state index is 0.208. The Morgan fingerprint density at radius 1 is 1.25 bits per heavy atom. The number of hydrogen-bond donors (Lipinski definition) is 1. The lowest BCUT2D eigenvalue weighted by Gasteiger charge is -2.40. The minimum atomic E-state index is 0.208. The molecular formula is C12H24N2O2. The Kier molecular flexibility index (Phi) is 4.58. The van der Waals surface area contributed by atoms with Crippen LogP contribution in [0.1, 0.15) is 26.2 Å². The Morgan fingerprint density at radius 3 is 2.81 bits per heavy atom. The first-order chi connectivity index (χ1) is 7.79. The Labute approximate surface area is 98.1 Å². The maximum Gasteiger partial charge on any atom is 0.0824 e. The molecule has 2 fully saturated rings. The van der Waals surface area contributed by atoms with E-state index in [-0.39, 0.29) is 6.10 Å². The molecule has 16 heavy (non-hydrogen) atoms. The van der Waals surface area contributed by atoms with E-state index in [9.17, 15) is 0 Å². The van der Waals surface area contributed by atoms with E-state index in [1.165, 1.54) is 19.3 Å². The number of nitrogens with zero attached hydrogens (tertiary/aromatic N) is 1. The van der Waals surface area contributed by atoms with E-state index < -0.39 is 0 Å². The van der Waals surface area contributed by atoms with Crippen LogP contribution in [0.4, 0.5) is 0 Å². The maximum absolute atomic E-state index is 5.78. The summed E-state index contributed by atoms with van der Waals surface area (Å²) in [4.78, 5) is 2.47. The van der Waals surface area contributed by atoms with Crippen LogP contribution in [-0.4, -0.2) is 56.0 Å². The fraction of sp³-hybridized carbons (Fsp3) is 1.00. The third-order valence-corrected chi connectivity index (χ3v) is 3.61. The molecule has 0 saturated carbocycles. The summed E-state index contributed by atoms with van der Waals surface area (Å²) in [5.41, 5.74) is 5.66. The average molecular weight is 228 g/mol. The molecule has 2 saturated heterocycles. The van der Waals surface area contributed by atoms with Crippen molar-refractivity contribution in [2.24, 2.45) is 5.73 Å². The molecule has 4 heteroatoms. The van der Waals surface area contributed by atoms with Gasteiger partial charge in [0.1, 0.15) is 0 Å². The van der Waals surface area contributed by atoms with Crippen molar-refractivity contribution < 1.29 is 9.47 Å². The van der Waals surface area contributed by atoms with Crippen molar-refractivity contribution in [2.75, 3.05) is 32.8 Å². The Morgan fingerprint density at radius 2 is 2.12 bits per heavy atom. The number of morpholine rings is 1. The first kappa shape index (κ1) is 12.3. The van der Waals surface area contributed by atoms with Gasteiger partial charge in [0, 0.05) is 32.3 Å². The summed E-state index contributed by atoms with van der Waals surface area (Å²) in [6.45, 7) is 6.57. The van der Waals surface area contributed by atoms with Crippen LogP contribution in [0.15, 0.2) is 0 Å².